The van der Waals surface area contributed by atoms with Gasteiger partial charge in [-0.1, -0.05) is 18.5 Å². The second kappa shape index (κ2) is 7.16. The number of halogens is 2. The van der Waals surface area contributed by atoms with Crippen LogP contribution in [0.3, 0.4) is 0 Å². The molecule has 2 aromatic rings. The van der Waals surface area contributed by atoms with Crippen LogP contribution in [0.2, 0.25) is 5.02 Å². The molecule has 2 nitrogen and oxygen atoms in total. The normalized spacial score (nSPS) is 12.6. The number of benzene rings is 1. The first-order valence-electron chi connectivity index (χ1n) is 6.69. The van der Waals surface area contributed by atoms with Gasteiger partial charge in [-0.2, -0.15) is 0 Å². The first kappa shape index (κ1) is 15.4. The minimum atomic E-state index is -0.261. The smallest absolute Gasteiger partial charge is 0.123 e. The van der Waals surface area contributed by atoms with Crippen LogP contribution in [0.1, 0.15) is 35.7 Å². The number of nitrogens with one attached hydrogen (secondary N) is 1. The zero-order chi connectivity index (χ0) is 14.5. The van der Waals surface area contributed by atoms with Crippen molar-refractivity contribution in [1.82, 2.24) is 10.3 Å². The predicted octanol–water partition coefficient (Wildman–Crippen LogP) is 4.53. The van der Waals surface area contributed by atoms with Gasteiger partial charge in [0.25, 0.3) is 0 Å². The Bertz CT molecular complexity index is 571. The molecule has 1 aromatic heterocycles. The van der Waals surface area contributed by atoms with Crippen LogP contribution < -0.4 is 5.32 Å². The van der Waals surface area contributed by atoms with E-state index in [-0.39, 0.29) is 11.9 Å². The van der Waals surface area contributed by atoms with Crippen molar-refractivity contribution in [2.45, 2.75) is 32.7 Å². The van der Waals surface area contributed by atoms with E-state index in [0.717, 1.165) is 35.7 Å². The Labute approximate surface area is 128 Å². The Morgan fingerprint density at radius 1 is 1.45 bits per heavy atom. The molecule has 0 aliphatic rings. The molecule has 1 atom stereocenters. The van der Waals surface area contributed by atoms with E-state index in [0.29, 0.717) is 5.02 Å². The largest absolute Gasteiger partial charge is 0.310 e. The molecule has 0 aliphatic carbocycles. The summed E-state index contributed by atoms with van der Waals surface area (Å²) in [5.41, 5.74) is 1.82. The summed E-state index contributed by atoms with van der Waals surface area (Å²) < 4.78 is 13.5. The lowest BCUT2D eigenvalue weighted by atomic mass is 10.0. The maximum atomic E-state index is 13.5. The van der Waals surface area contributed by atoms with Gasteiger partial charge in [0.15, 0.2) is 0 Å². The molecule has 1 heterocycles. The molecule has 0 amide bonds. The SMILES string of the molecule is CCCNC(Cc1nc(C)cs1)c1cc(F)ccc1Cl. The molecule has 0 spiro atoms. The third-order valence-corrected chi connectivity index (χ3v) is 4.35. The summed E-state index contributed by atoms with van der Waals surface area (Å²) in [5.74, 6) is -0.261. The van der Waals surface area contributed by atoms with Crippen LogP contribution in [0.25, 0.3) is 0 Å². The second-order valence-electron chi connectivity index (χ2n) is 4.76. The molecule has 1 unspecified atom stereocenters. The Kier molecular flexibility index (Phi) is 5.52. The summed E-state index contributed by atoms with van der Waals surface area (Å²) in [5, 5.41) is 7.08. The summed E-state index contributed by atoms with van der Waals surface area (Å²) >= 11 is 7.85. The van der Waals surface area contributed by atoms with Crippen molar-refractivity contribution in [2.24, 2.45) is 0 Å². The van der Waals surface area contributed by atoms with Gasteiger partial charge in [0, 0.05) is 28.6 Å². The van der Waals surface area contributed by atoms with Crippen molar-refractivity contribution in [3.05, 3.63) is 50.7 Å². The number of rotatable bonds is 6. The van der Waals surface area contributed by atoms with E-state index < -0.39 is 0 Å². The first-order chi connectivity index (χ1) is 9.60. The molecule has 108 valence electrons. The van der Waals surface area contributed by atoms with Gasteiger partial charge in [-0.25, -0.2) is 9.37 Å². The third-order valence-electron chi connectivity index (χ3n) is 3.02. The van der Waals surface area contributed by atoms with Crippen LogP contribution in [-0.4, -0.2) is 11.5 Å². The van der Waals surface area contributed by atoms with Crippen molar-refractivity contribution in [3.63, 3.8) is 0 Å². The minimum Gasteiger partial charge on any atom is -0.310 e. The lowest BCUT2D eigenvalue weighted by Gasteiger charge is -2.19. The van der Waals surface area contributed by atoms with Gasteiger partial charge >= 0.3 is 0 Å². The number of aromatic nitrogens is 1. The average Bonchev–Trinajstić information content (AvgIpc) is 2.83. The molecule has 0 aliphatic heterocycles. The van der Waals surface area contributed by atoms with Crippen molar-refractivity contribution in [1.29, 1.82) is 0 Å². The maximum absolute atomic E-state index is 13.5. The summed E-state index contributed by atoms with van der Waals surface area (Å²) in [6.07, 6.45) is 1.74. The molecule has 20 heavy (non-hydrogen) atoms. The number of hydrogen-bond acceptors (Lipinski definition) is 3. The number of thiazole rings is 1. The van der Waals surface area contributed by atoms with Gasteiger partial charge in [0.2, 0.25) is 0 Å². The fourth-order valence-electron chi connectivity index (χ4n) is 2.06. The Hall–Kier alpha value is -0.970. The van der Waals surface area contributed by atoms with Gasteiger partial charge in [-0.05, 0) is 43.7 Å². The fourth-order valence-corrected chi connectivity index (χ4v) is 3.13. The van der Waals surface area contributed by atoms with Crippen LogP contribution in [0, 0.1) is 12.7 Å². The van der Waals surface area contributed by atoms with Crippen LogP contribution in [-0.2, 0) is 6.42 Å². The molecular formula is C15H18ClFN2S. The molecular weight excluding hydrogens is 295 g/mol. The van der Waals surface area contributed by atoms with E-state index in [1.165, 1.54) is 12.1 Å². The molecule has 1 N–H and O–H groups in total. The summed E-state index contributed by atoms with van der Waals surface area (Å²) in [4.78, 5) is 4.48. The molecule has 5 heteroatoms. The lowest BCUT2D eigenvalue weighted by molar-refractivity contribution is 0.523. The molecule has 0 bridgehead atoms. The van der Waals surface area contributed by atoms with E-state index in [2.05, 4.69) is 17.2 Å². The van der Waals surface area contributed by atoms with Crippen molar-refractivity contribution in [2.75, 3.05) is 6.54 Å². The highest BCUT2D eigenvalue weighted by atomic mass is 35.5. The van der Waals surface area contributed by atoms with Gasteiger partial charge in [-0.3, -0.25) is 0 Å². The van der Waals surface area contributed by atoms with Gasteiger partial charge in [0.05, 0.1) is 5.01 Å². The average molecular weight is 313 g/mol. The lowest BCUT2D eigenvalue weighted by Crippen LogP contribution is -2.24. The fraction of sp³-hybridized carbons (Fsp3) is 0.400. The van der Waals surface area contributed by atoms with Crippen LogP contribution in [0.4, 0.5) is 4.39 Å². The van der Waals surface area contributed by atoms with Crippen molar-refractivity contribution in [3.8, 4) is 0 Å². The monoisotopic (exact) mass is 312 g/mol. The van der Waals surface area contributed by atoms with Crippen molar-refractivity contribution >= 4 is 22.9 Å². The molecule has 0 fully saturated rings. The quantitative estimate of drug-likeness (QED) is 0.848. The van der Waals surface area contributed by atoms with E-state index in [1.54, 1.807) is 17.4 Å². The highest BCUT2D eigenvalue weighted by Crippen LogP contribution is 2.27. The highest BCUT2D eigenvalue weighted by Gasteiger charge is 2.17. The first-order valence-corrected chi connectivity index (χ1v) is 7.95. The summed E-state index contributed by atoms with van der Waals surface area (Å²) in [7, 11) is 0. The van der Waals surface area contributed by atoms with E-state index in [1.807, 2.05) is 12.3 Å². The van der Waals surface area contributed by atoms with Crippen LogP contribution in [0.15, 0.2) is 23.6 Å². The predicted molar refractivity (Wildman–Crippen MR) is 83.0 cm³/mol. The van der Waals surface area contributed by atoms with E-state index >= 15 is 0 Å². The Morgan fingerprint density at radius 3 is 2.90 bits per heavy atom. The zero-order valence-corrected chi connectivity index (χ0v) is 13.2. The van der Waals surface area contributed by atoms with Crippen LogP contribution >= 0.6 is 22.9 Å². The summed E-state index contributed by atoms with van der Waals surface area (Å²) in [6.45, 7) is 4.94. The maximum Gasteiger partial charge on any atom is 0.123 e. The highest BCUT2D eigenvalue weighted by molar-refractivity contribution is 7.09. The topological polar surface area (TPSA) is 24.9 Å². The van der Waals surface area contributed by atoms with E-state index in [9.17, 15) is 4.39 Å². The van der Waals surface area contributed by atoms with E-state index in [4.69, 9.17) is 11.6 Å². The number of aryl methyl sites for hydroxylation is 1. The zero-order valence-electron chi connectivity index (χ0n) is 11.6. The molecule has 2 rings (SSSR count). The van der Waals surface area contributed by atoms with Crippen molar-refractivity contribution < 1.29 is 4.39 Å². The Balaban J connectivity index is 2.24. The van der Waals surface area contributed by atoms with Gasteiger partial charge in [0.1, 0.15) is 5.82 Å². The molecule has 0 radical (unpaired) electrons. The standard InChI is InChI=1S/C15H18ClFN2S/c1-3-6-18-14(8-15-19-10(2)9-20-15)12-7-11(17)4-5-13(12)16/h4-5,7,9,14,18H,3,6,8H2,1-2H3. The third kappa shape index (κ3) is 4.01. The van der Waals surface area contributed by atoms with Gasteiger partial charge in [-0.15, -0.1) is 11.3 Å². The molecule has 0 saturated carbocycles. The number of hydrogen-bond donors (Lipinski definition) is 1. The Morgan fingerprint density at radius 2 is 2.25 bits per heavy atom. The molecule has 0 saturated heterocycles. The summed E-state index contributed by atoms with van der Waals surface area (Å²) in [6, 6.07) is 4.50. The second-order valence-corrected chi connectivity index (χ2v) is 6.11. The molecule has 1 aromatic carbocycles. The van der Waals surface area contributed by atoms with Gasteiger partial charge < -0.3 is 5.32 Å². The minimum absolute atomic E-state index is 0.0105. The van der Waals surface area contributed by atoms with Crippen LogP contribution in [0.5, 0.6) is 0 Å². The number of nitrogens with zero attached hydrogens (tertiary/aromatic N) is 1.